The minimum Gasteiger partial charge on any atom is -0.497 e. The number of methoxy groups -OCH3 is 1. The Kier molecular flexibility index (Phi) is 4.51. The van der Waals surface area contributed by atoms with Crippen LogP contribution in [0.4, 0.5) is 0 Å². The summed E-state index contributed by atoms with van der Waals surface area (Å²) in [4.78, 5) is 0. The Hall–Kier alpha value is -2.82. The molecule has 0 bridgehead atoms. The highest BCUT2D eigenvalue weighted by atomic mass is 16.5. The van der Waals surface area contributed by atoms with Crippen molar-refractivity contribution in [3.8, 4) is 23.0 Å². The molecule has 0 atom stereocenters. The van der Waals surface area contributed by atoms with Crippen molar-refractivity contribution in [2.24, 2.45) is 0 Å². The highest BCUT2D eigenvalue weighted by Crippen LogP contribution is 2.24. The van der Waals surface area contributed by atoms with E-state index in [2.05, 4.69) is 30.1 Å². The number of hydrogen-bond acceptors (Lipinski definition) is 5. The molecule has 3 aromatic rings. The molecule has 0 saturated carbocycles. The summed E-state index contributed by atoms with van der Waals surface area (Å²) in [5.74, 6) is 2.53. The first-order valence-electron chi connectivity index (χ1n) is 7.74. The Bertz CT molecular complexity index is 838. The van der Waals surface area contributed by atoms with Crippen LogP contribution in [0.5, 0.6) is 11.5 Å². The highest BCUT2D eigenvalue weighted by molar-refractivity contribution is 5.53. The monoisotopic (exact) mass is 324 g/mol. The quantitative estimate of drug-likeness (QED) is 0.702. The second-order valence-electron chi connectivity index (χ2n) is 5.72. The zero-order chi connectivity index (χ0) is 17.1. The van der Waals surface area contributed by atoms with Crippen LogP contribution >= 0.6 is 0 Å². The number of hydrogen-bond donors (Lipinski definition) is 0. The molecule has 0 fully saturated rings. The van der Waals surface area contributed by atoms with E-state index in [-0.39, 0.29) is 6.61 Å². The largest absolute Gasteiger partial charge is 0.497 e. The summed E-state index contributed by atoms with van der Waals surface area (Å²) in [6.07, 6.45) is 0. The van der Waals surface area contributed by atoms with Gasteiger partial charge < -0.3 is 13.9 Å². The second kappa shape index (κ2) is 6.74. The Morgan fingerprint density at radius 3 is 2.33 bits per heavy atom. The predicted octanol–water partition coefficient (Wildman–Crippen LogP) is 4.25. The summed E-state index contributed by atoms with van der Waals surface area (Å²) in [7, 11) is 1.63. The molecule has 5 heteroatoms. The molecule has 124 valence electrons. The molecule has 5 nitrogen and oxygen atoms in total. The molecule has 0 radical (unpaired) electrons. The summed E-state index contributed by atoms with van der Waals surface area (Å²) >= 11 is 0. The maximum absolute atomic E-state index is 5.83. The van der Waals surface area contributed by atoms with Gasteiger partial charge in [0.25, 0.3) is 5.89 Å². The van der Waals surface area contributed by atoms with E-state index in [1.165, 1.54) is 11.1 Å². The van der Waals surface area contributed by atoms with Crippen LogP contribution in [0.2, 0.25) is 0 Å². The standard InChI is InChI=1S/C19H20N2O3/c1-12-9-14(3)17(10-13(12)2)23-11-18-20-21-19(24-18)15-5-7-16(22-4)8-6-15/h5-10H,11H2,1-4H3. The summed E-state index contributed by atoms with van der Waals surface area (Å²) in [5.41, 5.74) is 4.38. The molecule has 1 aromatic heterocycles. The normalized spacial score (nSPS) is 10.7. The number of nitrogens with zero attached hydrogens (tertiary/aromatic N) is 2. The lowest BCUT2D eigenvalue weighted by Crippen LogP contribution is -1.98. The number of aromatic nitrogens is 2. The Balaban J connectivity index is 1.71. The lowest BCUT2D eigenvalue weighted by atomic mass is 10.1. The maximum atomic E-state index is 5.83. The molecule has 0 aliphatic rings. The van der Waals surface area contributed by atoms with E-state index in [1.54, 1.807) is 7.11 Å². The molecule has 0 spiro atoms. The van der Waals surface area contributed by atoms with Crippen molar-refractivity contribution in [3.63, 3.8) is 0 Å². The van der Waals surface area contributed by atoms with Crippen molar-refractivity contribution in [1.82, 2.24) is 10.2 Å². The summed E-state index contributed by atoms with van der Waals surface area (Å²) in [6.45, 7) is 6.42. The molecular formula is C19H20N2O3. The van der Waals surface area contributed by atoms with E-state index >= 15 is 0 Å². The topological polar surface area (TPSA) is 57.4 Å². The van der Waals surface area contributed by atoms with Crippen molar-refractivity contribution in [2.45, 2.75) is 27.4 Å². The molecule has 0 unspecified atom stereocenters. The van der Waals surface area contributed by atoms with E-state index in [1.807, 2.05) is 37.3 Å². The molecule has 0 saturated heterocycles. The van der Waals surface area contributed by atoms with E-state index in [0.29, 0.717) is 11.8 Å². The van der Waals surface area contributed by atoms with Gasteiger partial charge in [0, 0.05) is 5.56 Å². The van der Waals surface area contributed by atoms with Gasteiger partial charge in [-0.2, -0.15) is 0 Å². The Morgan fingerprint density at radius 1 is 0.917 bits per heavy atom. The minimum atomic E-state index is 0.243. The van der Waals surface area contributed by atoms with Gasteiger partial charge in [-0.05, 0) is 67.8 Å². The van der Waals surface area contributed by atoms with Crippen molar-refractivity contribution >= 4 is 0 Å². The minimum absolute atomic E-state index is 0.243. The van der Waals surface area contributed by atoms with E-state index < -0.39 is 0 Å². The van der Waals surface area contributed by atoms with Crippen molar-refractivity contribution in [2.75, 3.05) is 7.11 Å². The average Bonchev–Trinajstić information content (AvgIpc) is 3.06. The third kappa shape index (κ3) is 3.40. The van der Waals surface area contributed by atoms with Gasteiger partial charge in [0.1, 0.15) is 11.5 Å². The molecule has 2 aromatic carbocycles. The predicted molar refractivity (Wildman–Crippen MR) is 91.3 cm³/mol. The molecule has 0 N–H and O–H groups in total. The van der Waals surface area contributed by atoms with Crippen molar-refractivity contribution < 1.29 is 13.9 Å². The molecule has 0 aliphatic carbocycles. The van der Waals surface area contributed by atoms with E-state index in [4.69, 9.17) is 13.9 Å². The van der Waals surface area contributed by atoms with E-state index in [9.17, 15) is 0 Å². The van der Waals surface area contributed by atoms with Crippen LogP contribution in [0.3, 0.4) is 0 Å². The van der Waals surface area contributed by atoms with Gasteiger partial charge in [0.2, 0.25) is 5.89 Å². The third-order valence-electron chi connectivity index (χ3n) is 3.95. The van der Waals surface area contributed by atoms with Gasteiger partial charge >= 0.3 is 0 Å². The zero-order valence-corrected chi connectivity index (χ0v) is 14.3. The fourth-order valence-electron chi connectivity index (χ4n) is 2.39. The number of aryl methyl sites for hydroxylation is 3. The van der Waals surface area contributed by atoms with Crippen molar-refractivity contribution in [1.29, 1.82) is 0 Å². The molecular weight excluding hydrogens is 304 g/mol. The van der Waals surface area contributed by atoms with Crippen LogP contribution in [0.1, 0.15) is 22.6 Å². The fourth-order valence-corrected chi connectivity index (χ4v) is 2.39. The van der Waals surface area contributed by atoms with Gasteiger partial charge in [-0.1, -0.05) is 6.07 Å². The van der Waals surface area contributed by atoms with Gasteiger partial charge in [0.15, 0.2) is 6.61 Å². The van der Waals surface area contributed by atoms with Crippen molar-refractivity contribution in [3.05, 3.63) is 59.0 Å². The molecule has 0 aliphatic heterocycles. The number of benzene rings is 2. The van der Waals surface area contributed by atoms with Crippen LogP contribution in [0.15, 0.2) is 40.8 Å². The first-order chi connectivity index (χ1) is 11.6. The molecule has 3 rings (SSSR count). The third-order valence-corrected chi connectivity index (χ3v) is 3.95. The molecule has 1 heterocycles. The Morgan fingerprint density at radius 2 is 1.62 bits per heavy atom. The van der Waals surface area contributed by atoms with Crippen LogP contribution < -0.4 is 9.47 Å². The average molecular weight is 324 g/mol. The van der Waals surface area contributed by atoms with Gasteiger partial charge in [-0.15, -0.1) is 10.2 Å². The SMILES string of the molecule is COc1ccc(-c2nnc(COc3cc(C)c(C)cc3C)o2)cc1. The second-order valence-corrected chi connectivity index (χ2v) is 5.72. The lowest BCUT2D eigenvalue weighted by Gasteiger charge is -2.10. The lowest BCUT2D eigenvalue weighted by molar-refractivity contribution is 0.262. The number of rotatable bonds is 5. The molecule has 24 heavy (non-hydrogen) atoms. The number of ether oxygens (including phenoxy) is 2. The Labute approximate surface area is 141 Å². The van der Waals surface area contributed by atoms with Gasteiger partial charge in [-0.3, -0.25) is 0 Å². The fraction of sp³-hybridized carbons (Fsp3) is 0.263. The van der Waals surface area contributed by atoms with Gasteiger partial charge in [0.05, 0.1) is 7.11 Å². The first-order valence-corrected chi connectivity index (χ1v) is 7.74. The van der Waals surface area contributed by atoms with E-state index in [0.717, 1.165) is 22.6 Å². The summed E-state index contributed by atoms with van der Waals surface area (Å²) < 4.78 is 16.6. The van der Waals surface area contributed by atoms with Crippen LogP contribution in [-0.2, 0) is 6.61 Å². The smallest absolute Gasteiger partial charge is 0.254 e. The summed E-state index contributed by atoms with van der Waals surface area (Å²) in [6, 6.07) is 11.6. The molecule has 0 amide bonds. The van der Waals surface area contributed by atoms with Gasteiger partial charge in [-0.25, -0.2) is 0 Å². The first kappa shape index (κ1) is 16.1. The van der Waals surface area contributed by atoms with Crippen LogP contribution in [0, 0.1) is 20.8 Å². The van der Waals surface area contributed by atoms with Crippen LogP contribution in [-0.4, -0.2) is 17.3 Å². The maximum Gasteiger partial charge on any atom is 0.254 e. The highest BCUT2D eigenvalue weighted by Gasteiger charge is 2.10. The summed E-state index contributed by atoms with van der Waals surface area (Å²) in [5, 5.41) is 8.12. The van der Waals surface area contributed by atoms with Crippen LogP contribution in [0.25, 0.3) is 11.5 Å². The zero-order valence-electron chi connectivity index (χ0n) is 14.3.